The van der Waals surface area contributed by atoms with Crippen molar-refractivity contribution < 1.29 is 4.42 Å². The van der Waals surface area contributed by atoms with Crippen LogP contribution in [-0.4, -0.2) is 0 Å². The van der Waals surface area contributed by atoms with Crippen LogP contribution < -0.4 is 4.90 Å². The van der Waals surface area contributed by atoms with Crippen molar-refractivity contribution in [1.29, 1.82) is 0 Å². The zero-order chi connectivity index (χ0) is 38.9. The fraction of sp³-hybridized carbons (Fsp3) is 0.127. The molecule has 0 fully saturated rings. The molecule has 2 heteroatoms. The lowest BCUT2D eigenvalue weighted by Gasteiger charge is -2.30. The predicted octanol–water partition coefficient (Wildman–Crippen LogP) is 15.7. The van der Waals surface area contributed by atoms with E-state index in [2.05, 4.69) is 215 Å². The van der Waals surface area contributed by atoms with E-state index in [1.165, 1.54) is 44.5 Å². The number of rotatable bonds is 6. The highest BCUT2D eigenvalue weighted by molar-refractivity contribution is 6.11. The summed E-state index contributed by atoms with van der Waals surface area (Å²) in [7, 11) is 0. The van der Waals surface area contributed by atoms with Crippen molar-refractivity contribution in [2.75, 3.05) is 4.90 Å². The number of benzene rings is 8. The summed E-state index contributed by atoms with van der Waals surface area (Å²) in [5.74, 6) is 0. The number of hydrogen-bond donors (Lipinski definition) is 0. The molecule has 1 aliphatic carbocycles. The Morgan fingerprint density at radius 2 is 1.02 bits per heavy atom. The summed E-state index contributed by atoms with van der Waals surface area (Å²) in [5.41, 5.74) is 18.5. The van der Waals surface area contributed by atoms with Crippen molar-refractivity contribution in [1.82, 2.24) is 0 Å². The van der Waals surface area contributed by atoms with Crippen LogP contribution in [-0.2, 0) is 10.8 Å². The van der Waals surface area contributed by atoms with E-state index in [9.17, 15) is 0 Å². The molecule has 1 aliphatic rings. The van der Waals surface area contributed by atoms with Crippen molar-refractivity contribution in [2.24, 2.45) is 0 Å². The van der Waals surface area contributed by atoms with E-state index >= 15 is 0 Å². The van der Waals surface area contributed by atoms with Crippen LogP contribution in [0.3, 0.4) is 0 Å². The van der Waals surface area contributed by atoms with E-state index in [-0.39, 0.29) is 10.8 Å². The van der Waals surface area contributed by atoms with Crippen molar-refractivity contribution >= 4 is 39.0 Å². The second kappa shape index (κ2) is 13.2. The molecule has 1 aromatic heterocycles. The first-order valence-corrected chi connectivity index (χ1v) is 20.0. The molecule has 0 amide bonds. The van der Waals surface area contributed by atoms with Crippen molar-refractivity contribution in [3.05, 3.63) is 199 Å². The molecule has 8 aromatic carbocycles. The third-order valence-corrected chi connectivity index (χ3v) is 12.1. The fourth-order valence-corrected chi connectivity index (χ4v) is 8.94. The monoisotopic (exact) mass is 735 g/mol. The normalized spacial score (nSPS) is 13.1. The minimum atomic E-state index is -0.149. The molecule has 276 valence electrons. The van der Waals surface area contributed by atoms with Gasteiger partial charge in [0.2, 0.25) is 0 Å². The Morgan fingerprint density at radius 3 is 1.81 bits per heavy atom. The van der Waals surface area contributed by atoms with Crippen LogP contribution in [0.25, 0.3) is 66.4 Å². The lowest BCUT2D eigenvalue weighted by molar-refractivity contribution is 0.590. The average Bonchev–Trinajstić information content (AvgIpc) is 3.73. The highest BCUT2D eigenvalue weighted by Crippen LogP contribution is 2.52. The van der Waals surface area contributed by atoms with Gasteiger partial charge in [-0.05, 0) is 91.9 Å². The Hall–Kier alpha value is -6.64. The summed E-state index contributed by atoms with van der Waals surface area (Å²) in [5, 5.41) is 2.24. The van der Waals surface area contributed by atoms with Gasteiger partial charge in [-0.25, -0.2) is 0 Å². The molecule has 2 nitrogen and oxygen atoms in total. The van der Waals surface area contributed by atoms with E-state index in [1.807, 2.05) is 6.07 Å². The van der Waals surface area contributed by atoms with Gasteiger partial charge in [0.05, 0.1) is 5.69 Å². The SMILES string of the molecule is CC(C)(C)c1ccc(-c2ccc(-c3cccc4c3oc3ccccc34)c(N(c3ccc(-c4ccccc4)cc3)c3ccc4c(c3)C(C)(C)c3ccccc3-4)c2)cc1. The summed E-state index contributed by atoms with van der Waals surface area (Å²) >= 11 is 0. The van der Waals surface area contributed by atoms with Gasteiger partial charge in [-0.1, -0.05) is 180 Å². The maximum atomic E-state index is 6.71. The average molecular weight is 736 g/mol. The van der Waals surface area contributed by atoms with Gasteiger partial charge in [0.15, 0.2) is 0 Å². The van der Waals surface area contributed by atoms with Crippen LogP contribution in [0.2, 0.25) is 0 Å². The van der Waals surface area contributed by atoms with Crippen LogP contribution in [0.1, 0.15) is 51.3 Å². The van der Waals surface area contributed by atoms with Gasteiger partial charge in [0.1, 0.15) is 11.2 Å². The first kappa shape index (κ1) is 34.8. The van der Waals surface area contributed by atoms with Crippen LogP contribution in [0.5, 0.6) is 0 Å². The second-order valence-electron chi connectivity index (χ2n) is 17.0. The van der Waals surface area contributed by atoms with Crippen LogP contribution >= 0.6 is 0 Å². The van der Waals surface area contributed by atoms with Crippen molar-refractivity contribution in [2.45, 2.75) is 45.4 Å². The van der Waals surface area contributed by atoms with E-state index in [0.717, 1.165) is 55.7 Å². The van der Waals surface area contributed by atoms with Gasteiger partial charge in [-0.15, -0.1) is 0 Å². The lowest BCUT2D eigenvalue weighted by atomic mass is 9.82. The van der Waals surface area contributed by atoms with E-state index in [0.29, 0.717) is 0 Å². The number of anilines is 3. The number of fused-ring (bicyclic) bond motifs is 6. The smallest absolute Gasteiger partial charge is 0.143 e. The zero-order valence-corrected chi connectivity index (χ0v) is 33.2. The van der Waals surface area contributed by atoms with Crippen LogP contribution in [0, 0.1) is 0 Å². The second-order valence-corrected chi connectivity index (χ2v) is 17.0. The van der Waals surface area contributed by atoms with Gasteiger partial charge in [-0.2, -0.15) is 0 Å². The summed E-state index contributed by atoms with van der Waals surface area (Å²) in [6.07, 6.45) is 0. The van der Waals surface area contributed by atoms with Crippen LogP contribution in [0.15, 0.2) is 186 Å². The molecule has 0 saturated heterocycles. The Morgan fingerprint density at radius 1 is 0.439 bits per heavy atom. The minimum absolute atomic E-state index is 0.0720. The topological polar surface area (TPSA) is 16.4 Å². The molecule has 0 spiro atoms. The highest BCUT2D eigenvalue weighted by atomic mass is 16.3. The molecule has 57 heavy (non-hydrogen) atoms. The predicted molar refractivity (Wildman–Crippen MR) is 241 cm³/mol. The molecule has 1 heterocycles. The zero-order valence-electron chi connectivity index (χ0n) is 33.2. The molecule has 0 radical (unpaired) electrons. The Labute approximate surface area is 335 Å². The van der Waals surface area contributed by atoms with Gasteiger partial charge >= 0.3 is 0 Å². The molecular formula is C55H45NO. The van der Waals surface area contributed by atoms with Crippen molar-refractivity contribution in [3.63, 3.8) is 0 Å². The molecule has 0 N–H and O–H groups in total. The highest BCUT2D eigenvalue weighted by Gasteiger charge is 2.36. The molecule has 10 rings (SSSR count). The molecule has 0 saturated carbocycles. The number of furan rings is 1. The van der Waals surface area contributed by atoms with Crippen molar-refractivity contribution in [3.8, 4) is 44.5 Å². The molecule has 0 unspecified atom stereocenters. The number of hydrogen-bond acceptors (Lipinski definition) is 2. The minimum Gasteiger partial charge on any atom is -0.455 e. The standard InChI is InChI=1S/C55H45NO/c1-54(2,3)40-27-22-38(23-28-40)39-26-32-45(47-18-13-19-48-46-17-10-12-21-52(46)57-53(47)48)51(34-39)56(41-29-24-37(25-30-41)36-14-7-6-8-15-36)42-31-33-44-43-16-9-11-20-49(43)55(4,5)50(44)35-42/h6-35H,1-5H3. The van der Waals surface area contributed by atoms with Gasteiger partial charge in [0, 0.05) is 38.7 Å². The maximum Gasteiger partial charge on any atom is 0.143 e. The summed E-state index contributed by atoms with van der Waals surface area (Å²) < 4.78 is 6.71. The van der Waals surface area contributed by atoms with Gasteiger partial charge in [-0.3, -0.25) is 0 Å². The third kappa shape index (κ3) is 5.87. The van der Waals surface area contributed by atoms with E-state index in [4.69, 9.17) is 4.42 Å². The van der Waals surface area contributed by atoms with E-state index in [1.54, 1.807) is 0 Å². The first-order valence-electron chi connectivity index (χ1n) is 20.0. The molecular weight excluding hydrogens is 691 g/mol. The Balaban J connectivity index is 1.23. The molecule has 0 atom stereocenters. The Bertz CT molecular complexity index is 2940. The van der Waals surface area contributed by atoms with Crippen LogP contribution in [0.4, 0.5) is 17.1 Å². The lowest BCUT2D eigenvalue weighted by Crippen LogP contribution is -2.17. The summed E-state index contributed by atoms with van der Waals surface area (Å²) in [4.78, 5) is 2.46. The molecule has 0 bridgehead atoms. The number of para-hydroxylation sites is 2. The third-order valence-electron chi connectivity index (χ3n) is 12.1. The van der Waals surface area contributed by atoms with Gasteiger partial charge in [0.25, 0.3) is 0 Å². The first-order chi connectivity index (χ1) is 27.6. The summed E-state index contributed by atoms with van der Waals surface area (Å²) in [6.45, 7) is 11.5. The molecule has 0 aliphatic heterocycles. The summed E-state index contributed by atoms with van der Waals surface area (Å²) in [6, 6.07) is 66.5. The largest absolute Gasteiger partial charge is 0.455 e. The maximum absolute atomic E-state index is 6.71. The fourth-order valence-electron chi connectivity index (χ4n) is 8.94. The quantitative estimate of drug-likeness (QED) is 0.169. The molecule has 9 aromatic rings. The Kier molecular flexibility index (Phi) is 8.09. The van der Waals surface area contributed by atoms with E-state index < -0.39 is 0 Å². The van der Waals surface area contributed by atoms with Gasteiger partial charge < -0.3 is 9.32 Å². The number of nitrogens with zero attached hydrogens (tertiary/aromatic N) is 1.